The summed E-state index contributed by atoms with van der Waals surface area (Å²) < 4.78 is 51.6. The van der Waals surface area contributed by atoms with Crippen LogP contribution in [0.2, 0.25) is 0 Å². The molecule has 0 aliphatic heterocycles. The van der Waals surface area contributed by atoms with Crippen molar-refractivity contribution in [3.8, 4) is 17.2 Å². The number of hydrogen-bond donors (Lipinski definition) is 2. The lowest BCUT2D eigenvalue weighted by Gasteiger charge is -2.12. The van der Waals surface area contributed by atoms with Crippen LogP contribution in [0.25, 0.3) is 11.0 Å². The highest BCUT2D eigenvalue weighted by atomic mass is 32.2. The zero-order valence-electron chi connectivity index (χ0n) is 18.2. The third-order valence-corrected chi connectivity index (χ3v) is 6.35. The van der Waals surface area contributed by atoms with Gasteiger partial charge in [-0.25, -0.2) is 8.42 Å². The van der Waals surface area contributed by atoms with Crippen LogP contribution in [0.5, 0.6) is 17.2 Å². The molecule has 4 rings (SSSR count). The molecule has 0 radical (unpaired) electrons. The molecule has 0 saturated carbocycles. The first-order valence-corrected chi connectivity index (χ1v) is 11.3. The highest BCUT2D eigenvalue weighted by molar-refractivity contribution is 7.92. The first kappa shape index (κ1) is 22.4. The number of aromatic nitrogens is 3. The Morgan fingerprint density at radius 2 is 1.85 bits per heavy atom. The topological polar surface area (TPSA) is 144 Å². The van der Waals surface area contributed by atoms with Crippen LogP contribution in [0.15, 0.2) is 52.1 Å². The number of nitrogens with two attached hydrogens (primary N) is 1. The molecule has 2 aromatic heterocycles. The Hall–Kier alpha value is -3.77. The lowest BCUT2D eigenvalue weighted by Crippen LogP contribution is -2.14. The van der Waals surface area contributed by atoms with E-state index in [4.69, 9.17) is 24.5 Å². The van der Waals surface area contributed by atoms with Crippen LogP contribution in [0.4, 0.5) is 5.82 Å². The number of nitrogens with one attached hydrogen (secondary N) is 1. The Bertz CT molecular complexity index is 1400. The molecule has 0 atom stereocenters. The van der Waals surface area contributed by atoms with Crippen molar-refractivity contribution in [2.45, 2.75) is 18.0 Å². The quantitative estimate of drug-likeness (QED) is 0.374. The smallest absolute Gasteiger partial charge is 0.266 e. The van der Waals surface area contributed by atoms with Crippen LogP contribution in [-0.4, -0.2) is 44.7 Å². The van der Waals surface area contributed by atoms with Crippen LogP contribution in [-0.2, 0) is 23.1 Å². The van der Waals surface area contributed by atoms with Crippen molar-refractivity contribution in [2.24, 2.45) is 5.73 Å². The van der Waals surface area contributed by atoms with Gasteiger partial charge in [-0.2, -0.15) is 5.10 Å². The predicted molar refractivity (Wildman–Crippen MR) is 120 cm³/mol. The second-order valence-corrected chi connectivity index (χ2v) is 8.73. The van der Waals surface area contributed by atoms with Gasteiger partial charge in [-0.1, -0.05) is 5.16 Å². The first-order chi connectivity index (χ1) is 15.9. The van der Waals surface area contributed by atoms with Crippen LogP contribution >= 0.6 is 0 Å². The molecule has 0 aliphatic carbocycles. The van der Waals surface area contributed by atoms with Gasteiger partial charge in [0.25, 0.3) is 10.0 Å². The summed E-state index contributed by atoms with van der Waals surface area (Å²) in [6.07, 6.45) is 3.55. The molecule has 12 heteroatoms. The summed E-state index contributed by atoms with van der Waals surface area (Å²) in [6, 6.07) is 7.91. The van der Waals surface area contributed by atoms with E-state index < -0.39 is 10.0 Å². The molecule has 174 valence electrons. The Labute approximate surface area is 190 Å². The molecular formula is C21H23N5O6S. The van der Waals surface area contributed by atoms with Gasteiger partial charge in [0.05, 0.1) is 34.1 Å². The summed E-state index contributed by atoms with van der Waals surface area (Å²) in [5.74, 6) is 0.979. The van der Waals surface area contributed by atoms with E-state index in [9.17, 15) is 8.42 Å². The van der Waals surface area contributed by atoms with Gasteiger partial charge in [0.15, 0.2) is 11.4 Å². The summed E-state index contributed by atoms with van der Waals surface area (Å²) >= 11 is 0. The Morgan fingerprint density at radius 1 is 1.06 bits per heavy atom. The number of rotatable bonds is 9. The summed E-state index contributed by atoms with van der Waals surface area (Å²) in [6.45, 7) is 0.837. The number of benzene rings is 2. The van der Waals surface area contributed by atoms with E-state index in [1.807, 2.05) is 6.20 Å². The Balaban J connectivity index is 1.69. The number of nitrogens with zero attached hydrogens (tertiary/aromatic N) is 3. The van der Waals surface area contributed by atoms with E-state index in [1.54, 1.807) is 23.0 Å². The summed E-state index contributed by atoms with van der Waals surface area (Å²) in [7, 11) is 0.276. The average molecular weight is 474 g/mol. The van der Waals surface area contributed by atoms with E-state index >= 15 is 0 Å². The summed E-state index contributed by atoms with van der Waals surface area (Å²) in [5.41, 5.74) is 7.73. The van der Waals surface area contributed by atoms with Crippen molar-refractivity contribution in [1.82, 2.24) is 14.9 Å². The second-order valence-electron chi connectivity index (χ2n) is 7.07. The maximum absolute atomic E-state index is 13.1. The van der Waals surface area contributed by atoms with Gasteiger partial charge in [0.2, 0.25) is 0 Å². The molecule has 2 aromatic carbocycles. The third-order valence-electron chi connectivity index (χ3n) is 4.98. The molecule has 0 fully saturated rings. The molecule has 11 nitrogen and oxygen atoms in total. The lowest BCUT2D eigenvalue weighted by molar-refractivity contribution is 0.386. The van der Waals surface area contributed by atoms with Gasteiger partial charge < -0.3 is 24.5 Å². The third kappa shape index (κ3) is 4.43. The van der Waals surface area contributed by atoms with E-state index in [0.717, 1.165) is 11.1 Å². The van der Waals surface area contributed by atoms with E-state index in [-0.39, 0.29) is 16.5 Å². The second kappa shape index (κ2) is 9.00. The van der Waals surface area contributed by atoms with Crippen LogP contribution < -0.4 is 24.7 Å². The summed E-state index contributed by atoms with van der Waals surface area (Å²) in [5, 5.41) is 8.58. The standard InChI is InChI=1S/C21H23N5O6S/c1-29-15-4-5-19(16(8-15)30-2)33(27,28)25-21-20-17(31-3)6-13(7-18(20)32-24-21)11-26-12-14(9-22)10-23-26/h4-8,10,12H,9,11,22H2,1-3H3,(H,24,25). The van der Waals surface area contributed by atoms with Gasteiger partial charge >= 0.3 is 0 Å². The minimum Gasteiger partial charge on any atom is -0.497 e. The molecule has 0 spiro atoms. The number of anilines is 1. The van der Waals surface area contributed by atoms with Crippen LogP contribution in [0.1, 0.15) is 11.1 Å². The molecule has 0 saturated heterocycles. The summed E-state index contributed by atoms with van der Waals surface area (Å²) in [4.78, 5) is -0.0769. The fourth-order valence-corrected chi connectivity index (χ4v) is 4.53. The number of hydrogen-bond acceptors (Lipinski definition) is 9. The molecule has 33 heavy (non-hydrogen) atoms. The fraction of sp³-hybridized carbons (Fsp3) is 0.238. The Kier molecular flexibility index (Phi) is 6.11. The van der Waals surface area contributed by atoms with Crippen molar-refractivity contribution in [3.63, 3.8) is 0 Å². The van der Waals surface area contributed by atoms with Gasteiger partial charge in [0.1, 0.15) is 27.5 Å². The monoisotopic (exact) mass is 473 g/mol. The first-order valence-electron chi connectivity index (χ1n) is 9.81. The predicted octanol–water partition coefficient (Wildman–Crippen LogP) is 2.36. The van der Waals surface area contributed by atoms with Crippen molar-refractivity contribution in [1.29, 1.82) is 0 Å². The van der Waals surface area contributed by atoms with Crippen molar-refractivity contribution in [3.05, 3.63) is 53.9 Å². The van der Waals surface area contributed by atoms with Crippen LogP contribution in [0.3, 0.4) is 0 Å². The molecule has 2 heterocycles. The molecule has 0 bridgehead atoms. The zero-order valence-corrected chi connectivity index (χ0v) is 19.0. The Morgan fingerprint density at radius 3 is 2.52 bits per heavy atom. The molecule has 0 aliphatic rings. The molecular weight excluding hydrogens is 450 g/mol. The minimum absolute atomic E-state index is 0.00391. The van der Waals surface area contributed by atoms with E-state index in [0.29, 0.717) is 35.6 Å². The maximum atomic E-state index is 13.1. The van der Waals surface area contributed by atoms with E-state index in [2.05, 4.69) is 15.0 Å². The van der Waals surface area contributed by atoms with Gasteiger partial charge in [-0.3, -0.25) is 9.40 Å². The molecule has 0 amide bonds. The van der Waals surface area contributed by atoms with Crippen molar-refractivity contribution in [2.75, 3.05) is 26.1 Å². The van der Waals surface area contributed by atoms with E-state index in [1.165, 1.54) is 39.5 Å². The van der Waals surface area contributed by atoms with Crippen LogP contribution in [0, 0.1) is 0 Å². The molecule has 4 aromatic rings. The number of fused-ring (bicyclic) bond motifs is 1. The number of sulfonamides is 1. The van der Waals surface area contributed by atoms with Gasteiger partial charge in [0, 0.05) is 24.4 Å². The highest BCUT2D eigenvalue weighted by Gasteiger charge is 2.25. The molecule has 0 unspecified atom stereocenters. The SMILES string of the molecule is COc1ccc(S(=O)(=O)Nc2noc3cc(Cn4cc(CN)cn4)cc(OC)c23)c(OC)c1. The zero-order chi connectivity index (χ0) is 23.6. The maximum Gasteiger partial charge on any atom is 0.266 e. The lowest BCUT2D eigenvalue weighted by atomic mass is 10.1. The highest BCUT2D eigenvalue weighted by Crippen LogP contribution is 2.36. The normalized spacial score (nSPS) is 11.5. The van der Waals surface area contributed by atoms with Gasteiger partial charge in [-0.05, 0) is 29.8 Å². The average Bonchev–Trinajstić information content (AvgIpc) is 3.44. The molecule has 3 N–H and O–H groups in total. The fourth-order valence-electron chi connectivity index (χ4n) is 3.38. The van der Waals surface area contributed by atoms with Crippen molar-refractivity contribution >= 4 is 26.8 Å². The number of methoxy groups -OCH3 is 3. The number of ether oxygens (including phenoxy) is 3. The van der Waals surface area contributed by atoms with Crippen molar-refractivity contribution < 1.29 is 27.2 Å². The largest absolute Gasteiger partial charge is 0.497 e. The minimum atomic E-state index is -4.06. The van der Waals surface area contributed by atoms with Gasteiger partial charge in [-0.15, -0.1) is 0 Å².